The van der Waals surface area contributed by atoms with Crippen LogP contribution in [0, 0.1) is 5.41 Å². The molecule has 0 saturated carbocycles. The summed E-state index contributed by atoms with van der Waals surface area (Å²) in [5.74, 6) is 0.00379. The van der Waals surface area contributed by atoms with E-state index in [-0.39, 0.29) is 11.7 Å². The van der Waals surface area contributed by atoms with Gasteiger partial charge in [0.05, 0.1) is 0 Å². The van der Waals surface area contributed by atoms with Crippen molar-refractivity contribution in [1.29, 1.82) is 5.41 Å². The molecule has 4 N–H and O–H groups in total. The predicted molar refractivity (Wildman–Crippen MR) is 67.0 cm³/mol. The lowest BCUT2D eigenvalue weighted by Gasteiger charge is -2.04. The number of likely N-dealkylation sites (N-methyl/N-ethyl adjacent to an activating group) is 1. The first-order valence-electron chi connectivity index (χ1n) is 5.25. The SMILES string of the molecule is CNC(=O)Cn1ccc2cc(C(=N)N)ccc21. The summed E-state index contributed by atoms with van der Waals surface area (Å²) in [6.45, 7) is 0.291. The molecule has 17 heavy (non-hydrogen) atoms. The molecule has 5 heteroatoms. The number of aromatic nitrogens is 1. The highest BCUT2D eigenvalue weighted by Crippen LogP contribution is 2.17. The van der Waals surface area contributed by atoms with Crippen molar-refractivity contribution < 1.29 is 4.79 Å². The van der Waals surface area contributed by atoms with Crippen molar-refractivity contribution in [2.75, 3.05) is 7.05 Å². The highest BCUT2D eigenvalue weighted by atomic mass is 16.1. The number of hydrogen-bond donors (Lipinski definition) is 3. The zero-order valence-electron chi connectivity index (χ0n) is 9.53. The first-order chi connectivity index (χ1) is 8.11. The van der Waals surface area contributed by atoms with Crippen LogP contribution in [0.1, 0.15) is 5.56 Å². The van der Waals surface area contributed by atoms with Gasteiger partial charge >= 0.3 is 0 Å². The average molecular weight is 230 g/mol. The van der Waals surface area contributed by atoms with E-state index in [1.807, 2.05) is 29.0 Å². The molecule has 0 spiro atoms. The normalized spacial score (nSPS) is 10.4. The molecule has 0 fully saturated rings. The third kappa shape index (κ3) is 2.13. The summed E-state index contributed by atoms with van der Waals surface area (Å²) in [5.41, 5.74) is 7.07. The third-order valence-corrected chi connectivity index (χ3v) is 2.67. The van der Waals surface area contributed by atoms with Crippen molar-refractivity contribution in [3.63, 3.8) is 0 Å². The van der Waals surface area contributed by atoms with Gasteiger partial charge in [-0.1, -0.05) is 0 Å². The van der Waals surface area contributed by atoms with Crippen molar-refractivity contribution in [3.05, 3.63) is 36.0 Å². The molecule has 0 aliphatic carbocycles. The number of benzene rings is 1. The topological polar surface area (TPSA) is 83.9 Å². The largest absolute Gasteiger partial charge is 0.384 e. The number of nitrogen functional groups attached to an aromatic ring is 1. The maximum Gasteiger partial charge on any atom is 0.239 e. The highest BCUT2D eigenvalue weighted by Gasteiger charge is 2.06. The van der Waals surface area contributed by atoms with Gasteiger partial charge in [0.15, 0.2) is 0 Å². The molecule has 0 aliphatic rings. The number of carbonyl (C=O) groups excluding carboxylic acids is 1. The Morgan fingerprint density at radius 2 is 2.24 bits per heavy atom. The molecule has 2 aromatic rings. The highest BCUT2D eigenvalue weighted by molar-refractivity contribution is 5.98. The van der Waals surface area contributed by atoms with Crippen LogP contribution >= 0.6 is 0 Å². The van der Waals surface area contributed by atoms with Gasteiger partial charge in [-0.15, -0.1) is 0 Å². The standard InChI is InChI=1S/C12H14N4O/c1-15-11(17)7-16-5-4-8-6-9(12(13)14)2-3-10(8)16/h2-6H,7H2,1H3,(H3,13,14)(H,15,17). The summed E-state index contributed by atoms with van der Waals surface area (Å²) in [7, 11) is 1.61. The maximum absolute atomic E-state index is 11.3. The lowest BCUT2D eigenvalue weighted by atomic mass is 10.1. The third-order valence-electron chi connectivity index (χ3n) is 2.67. The fourth-order valence-corrected chi connectivity index (χ4v) is 1.74. The number of amides is 1. The van der Waals surface area contributed by atoms with Crippen molar-refractivity contribution in [2.24, 2.45) is 5.73 Å². The molecule has 0 aliphatic heterocycles. The van der Waals surface area contributed by atoms with E-state index in [1.165, 1.54) is 0 Å². The van der Waals surface area contributed by atoms with Gasteiger partial charge in [0, 0.05) is 29.7 Å². The first kappa shape index (κ1) is 11.2. The summed E-state index contributed by atoms with van der Waals surface area (Å²) >= 11 is 0. The fraction of sp³-hybridized carbons (Fsp3) is 0.167. The summed E-state index contributed by atoms with van der Waals surface area (Å²) in [6.07, 6.45) is 1.85. The zero-order chi connectivity index (χ0) is 12.4. The van der Waals surface area contributed by atoms with Crippen LogP contribution in [-0.2, 0) is 11.3 Å². The second kappa shape index (κ2) is 4.29. The van der Waals surface area contributed by atoms with Gasteiger partial charge in [-0.05, 0) is 24.3 Å². The summed E-state index contributed by atoms with van der Waals surface area (Å²) < 4.78 is 1.86. The molecule has 0 unspecified atom stereocenters. The van der Waals surface area contributed by atoms with Crippen LogP contribution in [0.25, 0.3) is 10.9 Å². The van der Waals surface area contributed by atoms with Gasteiger partial charge < -0.3 is 15.6 Å². The quantitative estimate of drug-likeness (QED) is 0.535. The molecule has 1 amide bonds. The Bertz CT molecular complexity index is 585. The number of hydrogen-bond acceptors (Lipinski definition) is 2. The minimum atomic E-state index is -0.0434. The summed E-state index contributed by atoms with van der Waals surface area (Å²) in [6, 6.07) is 7.41. The second-order valence-corrected chi connectivity index (χ2v) is 3.80. The lowest BCUT2D eigenvalue weighted by Crippen LogP contribution is -2.22. The van der Waals surface area contributed by atoms with Crippen molar-refractivity contribution in [2.45, 2.75) is 6.54 Å². The van der Waals surface area contributed by atoms with E-state index in [9.17, 15) is 4.79 Å². The Morgan fingerprint density at radius 3 is 2.88 bits per heavy atom. The molecular weight excluding hydrogens is 216 g/mol. The molecule has 0 radical (unpaired) electrons. The molecule has 0 atom stereocenters. The van der Waals surface area contributed by atoms with Crippen molar-refractivity contribution in [3.8, 4) is 0 Å². The average Bonchev–Trinajstić information content (AvgIpc) is 2.71. The predicted octanol–water partition coefficient (Wildman–Crippen LogP) is 0.671. The fourth-order valence-electron chi connectivity index (χ4n) is 1.74. The number of amidine groups is 1. The first-order valence-corrected chi connectivity index (χ1v) is 5.25. The lowest BCUT2D eigenvalue weighted by molar-refractivity contribution is -0.121. The zero-order valence-corrected chi connectivity index (χ0v) is 9.53. The van der Waals surface area contributed by atoms with Gasteiger partial charge in [0.25, 0.3) is 0 Å². The number of nitrogens with one attached hydrogen (secondary N) is 2. The second-order valence-electron chi connectivity index (χ2n) is 3.80. The minimum Gasteiger partial charge on any atom is -0.384 e. The number of rotatable bonds is 3. The minimum absolute atomic E-state index is 0.0434. The van der Waals surface area contributed by atoms with E-state index in [0.29, 0.717) is 12.1 Å². The van der Waals surface area contributed by atoms with Gasteiger partial charge in [0.1, 0.15) is 12.4 Å². The molecule has 5 nitrogen and oxygen atoms in total. The number of nitrogens with two attached hydrogens (primary N) is 1. The summed E-state index contributed by atoms with van der Waals surface area (Å²) in [5, 5.41) is 10.9. The Kier molecular flexibility index (Phi) is 2.82. The van der Waals surface area contributed by atoms with Crippen LogP contribution in [0.2, 0.25) is 0 Å². The van der Waals surface area contributed by atoms with Crippen LogP contribution in [0.5, 0.6) is 0 Å². The molecule has 88 valence electrons. The molecule has 1 heterocycles. The van der Waals surface area contributed by atoms with E-state index in [1.54, 1.807) is 13.1 Å². The number of carbonyl (C=O) groups is 1. The van der Waals surface area contributed by atoms with Crippen LogP contribution in [0.15, 0.2) is 30.5 Å². The molecule has 0 saturated heterocycles. The van der Waals surface area contributed by atoms with Gasteiger partial charge in [-0.3, -0.25) is 10.2 Å². The van der Waals surface area contributed by atoms with Crippen LogP contribution in [0.3, 0.4) is 0 Å². The summed E-state index contributed by atoms with van der Waals surface area (Å²) in [4.78, 5) is 11.3. The van der Waals surface area contributed by atoms with Crippen LogP contribution in [0.4, 0.5) is 0 Å². The van der Waals surface area contributed by atoms with Gasteiger partial charge in [-0.25, -0.2) is 0 Å². The van der Waals surface area contributed by atoms with Crippen molar-refractivity contribution >= 4 is 22.6 Å². The van der Waals surface area contributed by atoms with E-state index >= 15 is 0 Å². The monoisotopic (exact) mass is 230 g/mol. The molecule has 1 aromatic heterocycles. The van der Waals surface area contributed by atoms with Crippen molar-refractivity contribution in [1.82, 2.24) is 9.88 Å². The van der Waals surface area contributed by atoms with Gasteiger partial charge in [0.2, 0.25) is 5.91 Å². The Morgan fingerprint density at radius 1 is 1.47 bits per heavy atom. The number of fused-ring (bicyclic) bond motifs is 1. The van der Waals surface area contributed by atoms with Crippen LogP contribution in [-0.4, -0.2) is 23.4 Å². The smallest absolute Gasteiger partial charge is 0.239 e. The molecule has 0 bridgehead atoms. The maximum atomic E-state index is 11.3. The molecular formula is C12H14N4O. The van der Waals surface area contributed by atoms with E-state index < -0.39 is 0 Å². The molecule has 2 rings (SSSR count). The Labute approximate surface area is 98.7 Å². The van der Waals surface area contributed by atoms with Crippen LogP contribution < -0.4 is 11.1 Å². The molecule has 1 aromatic carbocycles. The Hall–Kier alpha value is -2.30. The van der Waals surface area contributed by atoms with E-state index in [0.717, 1.165) is 10.9 Å². The Balaban J connectivity index is 2.41. The van der Waals surface area contributed by atoms with E-state index in [2.05, 4.69) is 5.32 Å². The number of nitrogens with zero attached hydrogens (tertiary/aromatic N) is 1. The van der Waals surface area contributed by atoms with Gasteiger partial charge in [-0.2, -0.15) is 0 Å². The van der Waals surface area contributed by atoms with E-state index in [4.69, 9.17) is 11.1 Å².